The lowest BCUT2D eigenvalue weighted by Gasteiger charge is -2.29. The van der Waals surface area contributed by atoms with Crippen molar-refractivity contribution in [1.82, 2.24) is 0 Å². The van der Waals surface area contributed by atoms with Crippen molar-refractivity contribution in [3.8, 4) is 0 Å². The molecular weight excluding hydrogens is 299 g/mol. The van der Waals surface area contributed by atoms with Crippen LogP contribution < -0.4 is 5.73 Å². The van der Waals surface area contributed by atoms with Gasteiger partial charge in [0.25, 0.3) is 5.92 Å². The largest absolute Gasteiger partial charge is 0.390 e. The molecule has 1 aromatic carbocycles. The average molecular weight is 312 g/mol. The van der Waals surface area contributed by atoms with Gasteiger partial charge in [0.2, 0.25) is 0 Å². The van der Waals surface area contributed by atoms with E-state index in [9.17, 15) is 13.2 Å². The molecule has 0 aromatic heterocycles. The maximum atomic E-state index is 13.5. The summed E-state index contributed by atoms with van der Waals surface area (Å²) in [5.74, 6) is -3.98. The van der Waals surface area contributed by atoms with Crippen LogP contribution >= 0.6 is 15.9 Å². The number of hydrogen-bond donors (Lipinski definition) is 2. The number of halogens is 4. The smallest absolute Gasteiger partial charge is 0.272 e. The van der Waals surface area contributed by atoms with Crippen molar-refractivity contribution < 1.29 is 18.3 Å². The number of aliphatic hydroxyl groups excluding tert-OH is 1. The third-order valence-electron chi connectivity index (χ3n) is 2.40. The predicted octanol–water partition coefficient (Wildman–Crippen LogP) is 2.78. The molecule has 96 valence electrons. The maximum Gasteiger partial charge on any atom is 0.272 e. The highest BCUT2D eigenvalue weighted by molar-refractivity contribution is 9.10. The van der Waals surface area contributed by atoms with E-state index in [1.165, 1.54) is 19.1 Å². The summed E-state index contributed by atoms with van der Waals surface area (Å²) in [6.45, 7) is -0.00314. The minimum Gasteiger partial charge on any atom is -0.390 e. The quantitative estimate of drug-likeness (QED) is 0.898. The highest BCUT2D eigenvalue weighted by Crippen LogP contribution is 2.33. The Kier molecular flexibility index (Phi) is 4.22. The molecule has 1 atom stereocenters. The molecule has 3 N–H and O–H groups in total. The monoisotopic (exact) mass is 311 g/mol. The van der Waals surface area contributed by atoms with Crippen LogP contribution in [0.25, 0.3) is 0 Å². The van der Waals surface area contributed by atoms with Crippen molar-refractivity contribution in [3.63, 3.8) is 0 Å². The van der Waals surface area contributed by atoms with Gasteiger partial charge in [-0.05, 0) is 25.1 Å². The summed E-state index contributed by atoms with van der Waals surface area (Å²) in [5, 5.41) is 8.52. The zero-order chi connectivity index (χ0) is 13.3. The van der Waals surface area contributed by atoms with Gasteiger partial charge in [-0.3, -0.25) is 0 Å². The Labute approximate surface area is 106 Å². The highest BCUT2D eigenvalue weighted by atomic mass is 79.9. The van der Waals surface area contributed by atoms with Crippen molar-refractivity contribution in [3.05, 3.63) is 34.1 Å². The molecule has 0 radical (unpaired) electrons. The van der Waals surface area contributed by atoms with Gasteiger partial charge in [0.1, 0.15) is 12.4 Å². The first-order valence-corrected chi connectivity index (χ1v) is 5.70. The first-order chi connectivity index (χ1) is 7.68. The summed E-state index contributed by atoms with van der Waals surface area (Å²) in [7, 11) is 0. The molecule has 2 nitrogen and oxygen atoms in total. The van der Waals surface area contributed by atoms with Crippen LogP contribution in [0.4, 0.5) is 13.2 Å². The van der Waals surface area contributed by atoms with Gasteiger partial charge in [-0.1, -0.05) is 15.9 Å². The van der Waals surface area contributed by atoms with Gasteiger partial charge in [-0.15, -0.1) is 0 Å². The molecule has 6 heteroatoms. The molecule has 0 fully saturated rings. The van der Waals surface area contributed by atoms with Crippen LogP contribution in [0, 0.1) is 5.82 Å². The zero-order valence-corrected chi connectivity index (χ0v) is 10.8. The Morgan fingerprint density at radius 3 is 2.53 bits per heavy atom. The molecule has 0 spiro atoms. The van der Waals surface area contributed by atoms with Crippen LogP contribution in [0.3, 0.4) is 0 Å². The van der Waals surface area contributed by atoms with E-state index in [-0.39, 0.29) is 5.56 Å². The van der Waals surface area contributed by atoms with E-state index in [2.05, 4.69) is 15.9 Å². The average Bonchev–Trinajstić information content (AvgIpc) is 2.20. The summed E-state index contributed by atoms with van der Waals surface area (Å²) >= 11 is 3.13. The molecule has 0 aliphatic rings. The van der Waals surface area contributed by atoms with Gasteiger partial charge in [-0.2, -0.15) is 0 Å². The van der Waals surface area contributed by atoms with Gasteiger partial charge in [0, 0.05) is 22.0 Å². The number of aliphatic hydroxyl groups is 1. The van der Waals surface area contributed by atoms with Gasteiger partial charge in [-0.25, -0.2) is 13.2 Å². The summed E-state index contributed by atoms with van der Waals surface area (Å²) < 4.78 is 40.3. The molecule has 0 bridgehead atoms. The normalized spacial score (nSPS) is 15.7. The standard InChI is InChI=1S/C11H13BrF3NO/c1-10(16,5-11(14,15)6-17)8-4-7(12)2-3-9(8)13/h2-4,17H,5-6,16H2,1H3/t10-/m0/s1. The Hall–Kier alpha value is -0.590. The predicted molar refractivity (Wildman–Crippen MR) is 62.3 cm³/mol. The molecule has 1 rings (SSSR count). The number of benzene rings is 1. The minimum atomic E-state index is -3.34. The summed E-state index contributed by atoms with van der Waals surface area (Å²) in [5.41, 5.74) is 4.15. The first kappa shape index (κ1) is 14.5. The molecule has 0 amide bonds. The molecule has 0 saturated heterocycles. The van der Waals surface area contributed by atoms with Gasteiger partial charge < -0.3 is 10.8 Å². The van der Waals surface area contributed by atoms with E-state index in [1.807, 2.05) is 0 Å². The van der Waals surface area contributed by atoms with Crippen LogP contribution in [0.5, 0.6) is 0 Å². The van der Waals surface area contributed by atoms with Crippen molar-refractivity contribution in [1.29, 1.82) is 0 Å². The summed E-state index contributed by atoms with van der Waals surface area (Å²) in [4.78, 5) is 0. The second-order valence-corrected chi connectivity index (χ2v) is 5.15. The first-order valence-electron chi connectivity index (χ1n) is 4.91. The van der Waals surface area contributed by atoms with Crippen molar-refractivity contribution in [2.45, 2.75) is 24.8 Å². The fourth-order valence-electron chi connectivity index (χ4n) is 1.62. The second-order valence-electron chi connectivity index (χ2n) is 4.23. The van der Waals surface area contributed by atoms with E-state index >= 15 is 0 Å². The van der Waals surface area contributed by atoms with Crippen LogP contribution in [0.2, 0.25) is 0 Å². The molecule has 17 heavy (non-hydrogen) atoms. The Morgan fingerprint density at radius 2 is 2.00 bits per heavy atom. The SMILES string of the molecule is C[C@](N)(CC(F)(F)CO)c1cc(Br)ccc1F. The summed E-state index contributed by atoms with van der Waals surface area (Å²) in [6.07, 6.45) is -0.829. The molecule has 0 aliphatic heterocycles. The van der Waals surface area contributed by atoms with Gasteiger partial charge in [0.15, 0.2) is 0 Å². The van der Waals surface area contributed by atoms with Crippen molar-refractivity contribution in [2.75, 3.05) is 6.61 Å². The van der Waals surface area contributed by atoms with Crippen LogP contribution in [0.1, 0.15) is 18.9 Å². The van der Waals surface area contributed by atoms with E-state index in [0.29, 0.717) is 4.47 Å². The minimum absolute atomic E-state index is 0.0139. The van der Waals surface area contributed by atoms with E-state index in [1.54, 1.807) is 0 Å². The third-order valence-corrected chi connectivity index (χ3v) is 2.89. The van der Waals surface area contributed by atoms with Crippen LogP contribution in [-0.4, -0.2) is 17.6 Å². The van der Waals surface area contributed by atoms with E-state index in [4.69, 9.17) is 10.8 Å². The molecular formula is C11H13BrF3NO. The van der Waals surface area contributed by atoms with Gasteiger partial charge in [0.05, 0.1) is 0 Å². The molecule has 0 aliphatic carbocycles. The summed E-state index contributed by atoms with van der Waals surface area (Å²) in [6, 6.07) is 3.98. The maximum absolute atomic E-state index is 13.5. The number of alkyl halides is 2. The zero-order valence-electron chi connectivity index (χ0n) is 9.18. The van der Waals surface area contributed by atoms with Crippen molar-refractivity contribution in [2.24, 2.45) is 5.73 Å². The third kappa shape index (κ3) is 3.69. The Balaban J connectivity index is 3.08. The molecule has 0 saturated carbocycles. The van der Waals surface area contributed by atoms with Crippen molar-refractivity contribution >= 4 is 15.9 Å². The van der Waals surface area contributed by atoms with E-state index < -0.39 is 30.3 Å². The number of nitrogens with two attached hydrogens (primary N) is 1. The Bertz CT molecular complexity index is 410. The Morgan fingerprint density at radius 1 is 1.41 bits per heavy atom. The lowest BCUT2D eigenvalue weighted by molar-refractivity contribution is -0.0708. The topological polar surface area (TPSA) is 46.2 Å². The number of hydrogen-bond acceptors (Lipinski definition) is 2. The molecule has 1 aromatic rings. The molecule has 0 heterocycles. The fourth-order valence-corrected chi connectivity index (χ4v) is 1.98. The molecule has 0 unspecified atom stereocenters. The van der Waals surface area contributed by atoms with E-state index in [0.717, 1.165) is 6.07 Å². The lowest BCUT2D eigenvalue weighted by atomic mass is 9.87. The second kappa shape index (κ2) is 4.96. The fraction of sp³-hybridized carbons (Fsp3) is 0.455. The number of rotatable bonds is 4. The van der Waals surface area contributed by atoms with Gasteiger partial charge >= 0.3 is 0 Å². The lowest BCUT2D eigenvalue weighted by Crippen LogP contribution is -2.41. The van der Waals surface area contributed by atoms with Crippen LogP contribution in [-0.2, 0) is 5.54 Å². The highest BCUT2D eigenvalue weighted by Gasteiger charge is 2.38. The van der Waals surface area contributed by atoms with Crippen LogP contribution in [0.15, 0.2) is 22.7 Å².